The van der Waals surface area contributed by atoms with Crippen LogP contribution < -0.4 is 4.74 Å². The molecule has 0 fully saturated rings. The molecule has 0 spiro atoms. The molecular formula is C17H16N4O2. The van der Waals surface area contributed by atoms with Gasteiger partial charge in [0, 0.05) is 23.3 Å². The molecule has 0 aliphatic carbocycles. The van der Waals surface area contributed by atoms with Crippen molar-refractivity contribution >= 4 is 16.8 Å². The van der Waals surface area contributed by atoms with Crippen LogP contribution in [0.25, 0.3) is 10.9 Å². The first-order valence-corrected chi connectivity index (χ1v) is 7.52. The van der Waals surface area contributed by atoms with Gasteiger partial charge in [0.1, 0.15) is 12.4 Å². The number of aromatic amines is 1. The lowest BCUT2D eigenvalue weighted by Gasteiger charge is -2.18. The standard InChI is InChI=1S/C17H16N4O2/c1-11-2-3-14-13(8-11)16(20-19-14)17(22)21-6-7-23-15-4-5-18-9-12(15)10-21/h2-5,8-9H,6-7,10H2,1H3,(H,19,20). The van der Waals surface area contributed by atoms with E-state index >= 15 is 0 Å². The topological polar surface area (TPSA) is 71.1 Å². The number of amides is 1. The highest BCUT2D eigenvalue weighted by molar-refractivity contribution is 6.04. The smallest absolute Gasteiger partial charge is 0.275 e. The van der Waals surface area contributed by atoms with Gasteiger partial charge in [-0.3, -0.25) is 14.9 Å². The average molecular weight is 308 g/mol. The van der Waals surface area contributed by atoms with E-state index in [1.807, 2.05) is 31.2 Å². The summed E-state index contributed by atoms with van der Waals surface area (Å²) in [7, 11) is 0. The molecule has 1 aromatic carbocycles. The van der Waals surface area contributed by atoms with Crippen molar-refractivity contribution in [2.75, 3.05) is 13.2 Å². The Balaban J connectivity index is 1.69. The molecule has 6 heteroatoms. The third-order valence-corrected chi connectivity index (χ3v) is 4.05. The second kappa shape index (κ2) is 5.39. The van der Waals surface area contributed by atoms with Crippen molar-refractivity contribution in [3.63, 3.8) is 0 Å². The number of nitrogens with zero attached hydrogens (tertiary/aromatic N) is 3. The number of fused-ring (bicyclic) bond motifs is 2. The lowest BCUT2D eigenvalue weighted by Crippen LogP contribution is -2.32. The molecule has 2 aromatic heterocycles. The number of pyridine rings is 1. The fourth-order valence-corrected chi connectivity index (χ4v) is 2.84. The van der Waals surface area contributed by atoms with Gasteiger partial charge in [-0.2, -0.15) is 5.10 Å². The first kappa shape index (κ1) is 13.8. The lowest BCUT2D eigenvalue weighted by molar-refractivity contribution is 0.0729. The van der Waals surface area contributed by atoms with Crippen molar-refractivity contribution in [3.05, 3.63) is 53.5 Å². The minimum Gasteiger partial charge on any atom is -0.491 e. The first-order valence-electron chi connectivity index (χ1n) is 7.52. The fourth-order valence-electron chi connectivity index (χ4n) is 2.84. The van der Waals surface area contributed by atoms with Crippen LogP contribution in [0.2, 0.25) is 0 Å². The number of aromatic nitrogens is 3. The van der Waals surface area contributed by atoms with Gasteiger partial charge in [0.15, 0.2) is 5.69 Å². The summed E-state index contributed by atoms with van der Waals surface area (Å²) in [6, 6.07) is 7.75. The van der Waals surface area contributed by atoms with Crippen LogP contribution in [0.5, 0.6) is 5.75 Å². The van der Waals surface area contributed by atoms with Crippen LogP contribution in [-0.2, 0) is 6.54 Å². The zero-order valence-corrected chi connectivity index (χ0v) is 12.7. The second-order valence-electron chi connectivity index (χ2n) is 5.68. The summed E-state index contributed by atoms with van der Waals surface area (Å²) < 4.78 is 5.69. The zero-order valence-electron chi connectivity index (χ0n) is 12.7. The Morgan fingerprint density at radius 1 is 1.35 bits per heavy atom. The Morgan fingerprint density at radius 2 is 2.26 bits per heavy atom. The van der Waals surface area contributed by atoms with Crippen LogP contribution in [0.1, 0.15) is 21.6 Å². The molecule has 1 aliphatic heterocycles. The quantitative estimate of drug-likeness (QED) is 0.749. The van der Waals surface area contributed by atoms with Crippen molar-refractivity contribution < 1.29 is 9.53 Å². The maximum absolute atomic E-state index is 12.9. The number of benzene rings is 1. The summed E-state index contributed by atoms with van der Waals surface area (Å²) in [5.41, 5.74) is 3.33. The molecule has 0 atom stereocenters. The van der Waals surface area contributed by atoms with Crippen LogP contribution in [0.4, 0.5) is 0 Å². The van der Waals surface area contributed by atoms with Crippen molar-refractivity contribution in [3.8, 4) is 5.75 Å². The van der Waals surface area contributed by atoms with Crippen molar-refractivity contribution in [2.24, 2.45) is 0 Å². The van der Waals surface area contributed by atoms with E-state index in [0.29, 0.717) is 25.4 Å². The number of aryl methyl sites for hydroxylation is 1. The number of carbonyl (C=O) groups excluding carboxylic acids is 1. The number of H-pyrrole nitrogens is 1. The fraction of sp³-hybridized carbons (Fsp3) is 0.235. The van der Waals surface area contributed by atoms with Crippen LogP contribution in [0.3, 0.4) is 0 Å². The summed E-state index contributed by atoms with van der Waals surface area (Å²) in [5.74, 6) is 0.695. The Hall–Kier alpha value is -2.89. The highest BCUT2D eigenvalue weighted by Gasteiger charge is 2.24. The van der Waals surface area contributed by atoms with E-state index in [9.17, 15) is 4.79 Å². The van der Waals surface area contributed by atoms with E-state index in [0.717, 1.165) is 27.8 Å². The molecule has 4 rings (SSSR count). The molecule has 3 heterocycles. The number of hydrogen-bond acceptors (Lipinski definition) is 4. The van der Waals surface area contributed by atoms with Gasteiger partial charge in [0.05, 0.1) is 18.6 Å². The van der Waals surface area contributed by atoms with E-state index < -0.39 is 0 Å². The lowest BCUT2D eigenvalue weighted by atomic mass is 10.1. The van der Waals surface area contributed by atoms with Crippen LogP contribution in [0, 0.1) is 6.92 Å². The van der Waals surface area contributed by atoms with Crippen molar-refractivity contribution in [2.45, 2.75) is 13.5 Å². The highest BCUT2D eigenvalue weighted by Crippen LogP contribution is 2.24. The first-order chi connectivity index (χ1) is 11.2. The summed E-state index contributed by atoms with van der Waals surface area (Å²) in [5, 5.41) is 8.01. The summed E-state index contributed by atoms with van der Waals surface area (Å²) in [6.07, 6.45) is 3.44. The minimum absolute atomic E-state index is 0.0952. The largest absolute Gasteiger partial charge is 0.491 e. The van der Waals surface area contributed by atoms with E-state index in [1.165, 1.54) is 0 Å². The zero-order chi connectivity index (χ0) is 15.8. The molecule has 0 radical (unpaired) electrons. The average Bonchev–Trinajstić information content (AvgIpc) is 2.84. The van der Waals surface area contributed by atoms with E-state index in [4.69, 9.17) is 4.74 Å². The van der Waals surface area contributed by atoms with E-state index in [2.05, 4.69) is 15.2 Å². The van der Waals surface area contributed by atoms with Crippen molar-refractivity contribution in [1.29, 1.82) is 0 Å². The number of nitrogens with one attached hydrogen (secondary N) is 1. The maximum atomic E-state index is 12.9. The SMILES string of the molecule is Cc1ccc2[nH]nc(C(=O)N3CCOc4ccncc4C3)c2c1. The van der Waals surface area contributed by atoms with Crippen LogP contribution in [0.15, 0.2) is 36.7 Å². The van der Waals surface area contributed by atoms with Gasteiger partial charge in [-0.15, -0.1) is 0 Å². The van der Waals surface area contributed by atoms with Crippen LogP contribution in [-0.4, -0.2) is 39.1 Å². The predicted molar refractivity (Wildman–Crippen MR) is 85.3 cm³/mol. The minimum atomic E-state index is -0.0952. The van der Waals surface area contributed by atoms with Gasteiger partial charge in [-0.25, -0.2) is 0 Å². The molecule has 0 saturated heterocycles. The molecule has 23 heavy (non-hydrogen) atoms. The number of hydrogen-bond donors (Lipinski definition) is 1. The number of ether oxygens (including phenoxy) is 1. The monoisotopic (exact) mass is 308 g/mol. The molecule has 1 amide bonds. The Labute approximate surface area is 133 Å². The molecule has 1 aliphatic rings. The third kappa shape index (κ3) is 2.42. The Morgan fingerprint density at radius 3 is 3.17 bits per heavy atom. The van der Waals surface area contributed by atoms with Gasteiger partial charge < -0.3 is 9.64 Å². The highest BCUT2D eigenvalue weighted by atomic mass is 16.5. The summed E-state index contributed by atoms with van der Waals surface area (Å²) in [4.78, 5) is 18.8. The van der Waals surface area contributed by atoms with Crippen LogP contribution >= 0.6 is 0 Å². The molecule has 3 aromatic rings. The van der Waals surface area contributed by atoms with Gasteiger partial charge in [-0.05, 0) is 25.1 Å². The normalized spacial score (nSPS) is 14.2. The summed E-state index contributed by atoms with van der Waals surface area (Å²) >= 11 is 0. The predicted octanol–water partition coefficient (Wildman–Crippen LogP) is 2.30. The molecule has 6 nitrogen and oxygen atoms in total. The van der Waals surface area contributed by atoms with Gasteiger partial charge in [0.2, 0.25) is 0 Å². The Kier molecular flexibility index (Phi) is 3.22. The Bertz CT molecular complexity index is 887. The molecule has 0 saturated carbocycles. The molecule has 0 unspecified atom stereocenters. The second-order valence-corrected chi connectivity index (χ2v) is 5.68. The van der Waals surface area contributed by atoms with E-state index in [-0.39, 0.29) is 5.91 Å². The number of carbonyl (C=O) groups is 1. The summed E-state index contributed by atoms with van der Waals surface area (Å²) in [6.45, 7) is 3.46. The number of rotatable bonds is 1. The van der Waals surface area contributed by atoms with Crippen molar-refractivity contribution in [1.82, 2.24) is 20.1 Å². The molecular weight excluding hydrogens is 292 g/mol. The van der Waals surface area contributed by atoms with E-state index in [1.54, 1.807) is 17.3 Å². The molecule has 1 N–H and O–H groups in total. The van der Waals surface area contributed by atoms with Gasteiger partial charge in [-0.1, -0.05) is 11.6 Å². The molecule has 0 bridgehead atoms. The van der Waals surface area contributed by atoms with Gasteiger partial charge in [0.25, 0.3) is 5.91 Å². The molecule has 116 valence electrons. The maximum Gasteiger partial charge on any atom is 0.275 e. The third-order valence-electron chi connectivity index (χ3n) is 4.05. The van der Waals surface area contributed by atoms with Gasteiger partial charge >= 0.3 is 0 Å².